The minimum absolute atomic E-state index is 0.138. The van der Waals surface area contributed by atoms with Crippen LogP contribution >= 0.6 is 68.8 Å². The molecule has 1 aliphatic carbocycles. The highest BCUT2D eigenvalue weighted by atomic mass is 32.1. The van der Waals surface area contributed by atoms with Gasteiger partial charge in [0.2, 0.25) is 0 Å². The van der Waals surface area contributed by atoms with E-state index >= 15 is 0 Å². The summed E-state index contributed by atoms with van der Waals surface area (Å²) in [7, 11) is 0. The van der Waals surface area contributed by atoms with Crippen LogP contribution in [0.2, 0.25) is 0 Å². The molecule has 6 aromatic heterocycles. The molecule has 0 fully saturated rings. The third-order valence-electron chi connectivity index (χ3n) is 14.1. The van der Waals surface area contributed by atoms with Gasteiger partial charge >= 0.3 is 0 Å². The van der Waals surface area contributed by atoms with Gasteiger partial charge in [0, 0.05) is 77.7 Å². The van der Waals surface area contributed by atoms with Crippen LogP contribution in [-0.4, -0.2) is 17.5 Å². The Morgan fingerprint density at radius 3 is 1.35 bits per heavy atom. The summed E-state index contributed by atoms with van der Waals surface area (Å²) in [6.07, 6.45) is 12.1. The van der Waals surface area contributed by atoms with Gasteiger partial charge < -0.3 is 11.5 Å². The average molecular weight is 965 g/mol. The zero-order chi connectivity index (χ0) is 44.4. The average Bonchev–Trinajstić information content (AvgIpc) is 4.18. The van der Waals surface area contributed by atoms with Gasteiger partial charge in [0.15, 0.2) is 0 Å². The van der Waals surface area contributed by atoms with Crippen LogP contribution in [0.5, 0.6) is 0 Å². The molecule has 4 aromatic carbocycles. The lowest BCUT2D eigenvalue weighted by Gasteiger charge is -2.37. The summed E-state index contributed by atoms with van der Waals surface area (Å²) in [6.45, 7) is 9.49. The topological polar surface area (TPSA) is 104 Å². The molecule has 0 saturated heterocycles. The van der Waals surface area contributed by atoms with Gasteiger partial charge in [0.05, 0.1) is 23.5 Å². The highest BCUT2D eigenvalue weighted by Gasteiger charge is 2.48. The van der Waals surface area contributed by atoms with E-state index in [4.69, 9.17) is 29.0 Å². The van der Waals surface area contributed by atoms with Crippen LogP contribution in [0.4, 0.5) is 11.4 Å². The Balaban J connectivity index is 1.10. The Bertz CT molecular complexity index is 3070. The summed E-state index contributed by atoms with van der Waals surface area (Å²) in [5.41, 5.74) is 26.4. The summed E-state index contributed by atoms with van der Waals surface area (Å²) < 4.78 is 22.4. The van der Waals surface area contributed by atoms with Crippen molar-refractivity contribution in [2.24, 2.45) is 11.8 Å². The first-order chi connectivity index (χ1) is 31.8. The fraction of sp³-hybridized carbons (Fsp3) is 0.321. The minimum atomic E-state index is -0.138. The van der Waals surface area contributed by atoms with Crippen LogP contribution in [0.15, 0.2) is 84.9 Å². The Labute approximate surface area is 405 Å². The number of unbranched alkanes of at least 4 members (excludes halogenated alkanes) is 2. The van der Waals surface area contributed by atoms with Crippen LogP contribution < -0.4 is 11.5 Å². The van der Waals surface area contributed by atoms with Gasteiger partial charge in [-0.15, -0.1) is 45.3 Å². The Morgan fingerprint density at radius 2 is 0.938 bits per heavy atom. The van der Waals surface area contributed by atoms with Crippen LogP contribution in [0, 0.1) is 11.8 Å². The zero-order valence-corrected chi connectivity index (χ0v) is 42.1. The molecule has 0 radical (unpaired) electrons. The normalized spacial score (nSPS) is 14.3. The lowest BCUT2D eigenvalue weighted by atomic mass is 9.65. The summed E-state index contributed by atoms with van der Waals surface area (Å²) in [5, 5.41) is 2.44. The Kier molecular flexibility index (Phi) is 11.6. The molecule has 65 heavy (non-hydrogen) atoms. The molecule has 1 aliphatic rings. The number of nitrogen functional groups attached to an aromatic ring is 2. The van der Waals surface area contributed by atoms with Gasteiger partial charge in [-0.1, -0.05) is 115 Å². The highest BCUT2D eigenvalue weighted by Crippen LogP contribution is 2.63. The number of nitrogens with zero attached hydrogens (tertiary/aromatic N) is 4. The second-order valence-corrected chi connectivity index (χ2v) is 23.4. The number of anilines is 2. The SMILES string of the molecule is CCCCC(CC)CC1(CC(CC)CCCC)c2cc(-c3cc(N)c(-c4cc5ccccc5s4)c4nsnc34)sc2-c2sc(-c3cc(N)c(-c4cc5ccccc5s4)c4nsnc34)cc21. The Morgan fingerprint density at radius 1 is 0.508 bits per heavy atom. The van der Waals surface area contributed by atoms with Crippen molar-refractivity contribution in [3.63, 3.8) is 0 Å². The van der Waals surface area contributed by atoms with Crippen molar-refractivity contribution < 1.29 is 0 Å². The van der Waals surface area contributed by atoms with Gasteiger partial charge in [-0.3, -0.25) is 0 Å². The predicted molar refractivity (Wildman–Crippen MR) is 288 cm³/mol. The standard InChI is InChI=1S/C53H52N6S6/c1-5-9-15-29(7-3)27-53(28-30(8-4)16-10-6-2)35-25-41(33-23-37(54)45(49-47(33)56-64-58-49)43-21-31-17-11-13-19-39(31)60-43)62-51(35)52-36(53)26-42(63-52)34-24-38(55)46(50-48(34)57-65-59-50)44-22-32-18-12-14-20-40(32)61-44/h11-14,17-26,29-30H,5-10,15-16,27-28,54-55H2,1-4H3. The van der Waals surface area contributed by atoms with Crippen molar-refractivity contribution in [1.82, 2.24) is 17.5 Å². The van der Waals surface area contributed by atoms with Crippen LogP contribution in [-0.2, 0) is 5.41 Å². The van der Waals surface area contributed by atoms with Crippen molar-refractivity contribution in [3.05, 3.63) is 96.1 Å². The number of hydrogen-bond donors (Lipinski definition) is 2. The number of thiophene rings is 4. The van der Waals surface area contributed by atoms with E-state index in [1.54, 1.807) is 22.7 Å². The molecule has 11 rings (SSSR count). The smallest absolute Gasteiger partial charge is 0.116 e. The number of rotatable bonds is 16. The molecule has 0 saturated carbocycles. The van der Waals surface area contributed by atoms with E-state index in [0.29, 0.717) is 11.8 Å². The number of aromatic nitrogens is 4. The molecule has 0 aliphatic heterocycles. The monoisotopic (exact) mass is 964 g/mol. The summed E-state index contributed by atoms with van der Waals surface area (Å²) in [4.78, 5) is 7.50. The van der Waals surface area contributed by atoms with Crippen molar-refractivity contribution in [1.29, 1.82) is 0 Å². The quantitative estimate of drug-likeness (QED) is 0.0935. The molecule has 0 amide bonds. The van der Waals surface area contributed by atoms with E-state index in [0.717, 1.165) is 78.3 Å². The molecule has 4 N–H and O–H groups in total. The maximum atomic E-state index is 7.13. The van der Waals surface area contributed by atoms with Crippen molar-refractivity contribution in [2.45, 2.75) is 97.3 Å². The summed E-state index contributed by atoms with van der Waals surface area (Å²) in [6, 6.07) is 31.1. The first-order valence-electron chi connectivity index (χ1n) is 23.2. The molecule has 12 heteroatoms. The molecule has 6 heterocycles. The van der Waals surface area contributed by atoms with Gasteiger partial charge in [0.25, 0.3) is 0 Å². The number of nitrogens with two attached hydrogens (primary N) is 2. The van der Waals surface area contributed by atoms with E-state index in [-0.39, 0.29) is 5.41 Å². The van der Waals surface area contributed by atoms with E-state index in [1.807, 2.05) is 22.7 Å². The van der Waals surface area contributed by atoms with Gasteiger partial charge in [-0.05, 0) is 95.1 Å². The summed E-state index contributed by atoms with van der Waals surface area (Å²) >= 11 is 9.95. The van der Waals surface area contributed by atoms with Crippen molar-refractivity contribution in [2.75, 3.05) is 11.5 Å². The molecule has 10 aromatic rings. The second kappa shape index (κ2) is 17.6. The molecule has 0 spiro atoms. The van der Waals surface area contributed by atoms with Gasteiger partial charge in [-0.25, -0.2) is 0 Å². The van der Waals surface area contributed by atoms with E-state index in [1.165, 1.54) is 126 Å². The van der Waals surface area contributed by atoms with Crippen LogP contribution in [0.1, 0.15) is 103 Å². The lowest BCUT2D eigenvalue weighted by molar-refractivity contribution is 0.266. The van der Waals surface area contributed by atoms with Crippen molar-refractivity contribution in [3.8, 4) is 51.5 Å². The van der Waals surface area contributed by atoms with E-state index in [2.05, 4.69) is 113 Å². The number of benzene rings is 4. The molecule has 2 atom stereocenters. The largest absolute Gasteiger partial charge is 0.398 e. The Hall–Kier alpha value is -4.56. The van der Waals surface area contributed by atoms with Crippen LogP contribution in [0.3, 0.4) is 0 Å². The highest BCUT2D eigenvalue weighted by molar-refractivity contribution is 7.26. The second-order valence-electron chi connectivity index (χ2n) is 18.0. The first-order valence-corrected chi connectivity index (χ1v) is 27.9. The van der Waals surface area contributed by atoms with Gasteiger partial charge in [0.1, 0.15) is 22.1 Å². The van der Waals surface area contributed by atoms with Crippen LogP contribution in [0.25, 0.3) is 93.8 Å². The lowest BCUT2D eigenvalue weighted by Crippen LogP contribution is -2.31. The number of hydrogen-bond acceptors (Lipinski definition) is 12. The van der Waals surface area contributed by atoms with Gasteiger partial charge in [-0.2, -0.15) is 17.5 Å². The minimum Gasteiger partial charge on any atom is -0.398 e. The summed E-state index contributed by atoms with van der Waals surface area (Å²) in [5.74, 6) is 1.22. The fourth-order valence-electron chi connectivity index (χ4n) is 10.7. The number of fused-ring (bicyclic) bond motifs is 7. The third kappa shape index (κ3) is 7.34. The van der Waals surface area contributed by atoms with E-state index in [9.17, 15) is 0 Å². The molecular weight excluding hydrogens is 913 g/mol. The molecule has 6 nitrogen and oxygen atoms in total. The molecule has 330 valence electrons. The molecule has 2 unspecified atom stereocenters. The third-order valence-corrected chi connectivity index (χ3v) is 19.9. The molecular formula is C53H52N6S6. The predicted octanol–water partition coefficient (Wildman–Crippen LogP) is 17.6. The maximum Gasteiger partial charge on any atom is 0.116 e. The maximum absolute atomic E-state index is 7.13. The molecule has 0 bridgehead atoms. The fourth-order valence-corrected chi connectivity index (χ4v) is 16.8. The zero-order valence-electron chi connectivity index (χ0n) is 37.2. The first kappa shape index (κ1) is 43.0. The van der Waals surface area contributed by atoms with Crippen molar-refractivity contribution >= 4 is 122 Å². The van der Waals surface area contributed by atoms with E-state index < -0.39 is 0 Å².